The third kappa shape index (κ3) is 5.44. The molecular formula is C24H25NO3. The second kappa shape index (κ2) is 10.3. The molecule has 4 heteroatoms. The van der Waals surface area contributed by atoms with Crippen LogP contribution in [-0.2, 0) is 17.9 Å². The highest BCUT2D eigenvalue weighted by molar-refractivity contribution is 6.12. The van der Waals surface area contributed by atoms with Crippen molar-refractivity contribution in [2.45, 2.75) is 19.4 Å². The van der Waals surface area contributed by atoms with Gasteiger partial charge in [0.2, 0.25) is 0 Å². The van der Waals surface area contributed by atoms with Crippen LogP contribution in [0.1, 0.15) is 28.7 Å². The summed E-state index contributed by atoms with van der Waals surface area (Å²) < 4.78 is 5.93. The Morgan fingerprint density at radius 2 is 1.61 bits per heavy atom. The Kier molecular flexibility index (Phi) is 7.21. The zero-order valence-corrected chi connectivity index (χ0v) is 16.0. The predicted octanol–water partition coefficient (Wildman–Crippen LogP) is 4.59. The van der Waals surface area contributed by atoms with Crippen molar-refractivity contribution in [1.82, 2.24) is 0 Å². The van der Waals surface area contributed by atoms with E-state index in [0.29, 0.717) is 6.61 Å². The molecule has 0 fully saturated rings. The molecule has 0 saturated heterocycles. The summed E-state index contributed by atoms with van der Waals surface area (Å²) in [4.78, 5) is 5.06. The van der Waals surface area contributed by atoms with Gasteiger partial charge in [-0.05, 0) is 42.2 Å². The predicted molar refractivity (Wildman–Crippen MR) is 112 cm³/mol. The van der Waals surface area contributed by atoms with Crippen LogP contribution < -0.4 is 4.74 Å². The number of aryl methyl sites for hydroxylation is 1. The van der Waals surface area contributed by atoms with Gasteiger partial charge in [-0.2, -0.15) is 0 Å². The van der Waals surface area contributed by atoms with Crippen LogP contribution >= 0.6 is 0 Å². The molecule has 0 radical (unpaired) electrons. The van der Waals surface area contributed by atoms with E-state index < -0.39 is 0 Å². The van der Waals surface area contributed by atoms with E-state index in [9.17, 15) is 0 Å². The summed E-state index contributed by atoms with van der Waals surface area (Å²) >= 11 is 0. The minimum Gasteiger partial charge on any atom is -0.489 e. The molecule has 0 bridgehead atoms. The molecule has 1 N–H and O–H groups in total. The lowest BCUT2D eigenvalue weighted by Gasteiger charge is -2.10. The minimum absolute atomic E-state index is 0.214. The lowest BCUT2D eigenvalue weighted by atomic mass is 10.0. The van der Waals surface area contributed by atoms with Crippen molar-refractivity contribution in [3.05, 3.63) is 101 Å². The van der Waals surface area contributed by atoms with Gasteiger partial charge in [0, 0.05) is 17.7 Å². The second-order valence-electron chi connectivity index (χ2n) is 6.45. The van der Waals surface area contributed by atoms with Crippen molar-refractivity contribution < 1.29 is 14.7 Å². The summed E-state index contributed by atoms with van der Waals surface area (Å²) in [6, 6.07) is 26.1. The molecule has 4 nitrogen and oxygen atoms in total. The smallest absolute Gasteiger partial charge is 0.119 e. The van der Waals surface area contributed by atoms with Crippen LogP contribution in [0.25, 0.3) is 0 Å². The Morgan fingerprint density at radius 1 is 0.857 bits per heavy atom. The Bertz CT molecular complexity index is 889. The van der Waals surface area contributed by atoms with Crippen LogP contribution in [0, 0.1) is 0 Å². The lowest BCUT2D eigenvalue weighted by molar-refractivity contribution is 0.214. The molecule has 3 aromatic carbocycles. The number of aliphatic hydroxyl groups excluding tert-OH is 1. The van der Waals surface area contributed by atoms with E-state index in [-0.39, 0.29) is 6.61 Å². The van der Waals surface area contributed by atoms with E-state index in [4.69, 9.17) is 14.7 Å². The van der Waals surface area contributed by atoms with Crippen LogP contribution in [0.15, 0.2) is 84.0 Å². The van der Waals surface area contributed by atoms with E-state index in [1.165, 1.54) is 5.56 Å². The van der Waals surface area contributed by atoms with Gasteiger partial charge in [0.1, 0.15) is 25.2 Å². The Balaban J connectivity index is 1.70. The Hall–Kier alpha value is -3.11. The third-order valence-corrected chi connectivity index (χ3v) is 4.38. The largest absolute Gasteiger partial charge is 0.489 e. The number of nitrogens with zero attached hydrogens (tertiary/aromatic N) is 1. The summed E-state index contributed by atoms with van der Waals surface area (Å²) in [5, 5.41) is 13.1. The Labute approximate surface area is 166 Å². The molecule has 0 spiro atoms. The van der Waals surface area contributed by atoms with Crippen LogP contribution in [0.5, 0.6) is 5.75 Å². The van der Waals surface area contributed by atoms with Crippen molar-refractivity contribution in [3.63, 3.8) is 0 Å². The van der Waals surface area contributed by atoms with Crippen molar-refractivity contribution in [2.75, 3.05) is 13.7 Å². The molecular weight excluding hydrogens is 350 g/mol. The van der Waals surface area contributed by atoms with Crippen LogP contribution in [0.4, 0.5) is 0 Å². The second-order valence-corrected chi connectivity index (χ2v) is 6.45. The SMILES string of the molecule is CO/N=C(/c1ccccc1)c1cccc(COc2ccc(CCCO)cc2)c1. The van der Waals surface area contributed by atoms with Crippen molar-refractivity contribution in [3.8, 4) is 5.75 Å². The summed E-state index contributed by atoms with van der Waals surface area (Å²) in [7, 11) is 1.56. The first-order chi connectivity index (χ1) is 13.8. The number of aliphatic hydroxyl groups is 1. The van der Waals surface area contributed by atoms with Gasteiger partial charge in [-0.1, -0.05) is 65.8 Å². The topological polar surface area (TPSA) is 51.0 Å². The minimum atomic E-state index is 0.214. The average molecular weight is 375 g/mol. The fraction of sp³-hybridized carbons (Fsp3) is 0.208. The maximum Gasteiger partial charge on any atom is 0.119 e. The number of oxime groups is 1. The van der Waals surface area contributed by atoms with Crippen LogP contribution in [0.2, 0.25) is 0 Å². The van der Waals surface area contributed by atoms with Gasteiger partial charge in [0.15, 0.2) is 0 Å². The van der Waals surface area contributed by atoms with Crippen molar-refractivity contribution in [2.24, 2.45) is 5.16 Å². The maximum atomic E-state index is 8.92. The standard InChI is InChI=1S/C24H25NO3/c1-27-25-24(21-9-3-2-4-10-21)22-11-5-7-20(17-22)18-28-23-14-12-19(13-15-23)8-6-16-26/h2-5,7,9-15,17,26H,6,8,16,18H2,1H3/b25-24-. The van der Waals surface area contributed by atoms with Gasteiger partial charge in [-0.15, -0.1) is 0 Å². The van der Waals surface area contributed by atoms with Crippen molar-refractivity contribution in [1.29, 1.82) is 0 Å². The highest BCUT2D eigenvalue weighted by Gasteiger charge is 2.09. The molecule has 0 atom stereocenters. The normalized spacial score (nSPS) is 11.3. The first-order valence-corrected chi connectivity index (χ1v) is 9.38. The highest BCUT2D eigenvalue weighted by Crippen LogP contribution is 2.17. The molecule has 144 valence electrons. The number of benzene rings is 3. The van der Waals surface area contributed by atoms with Gasteiger partial charge in [-0.3, -0.25) is 0 Å². The first kappa shape index (κ1) is 19.6. The average Bonchev–Trinajstić information content (AvgIpc) is 2.76. The van der Waals surface area contributed by atoms with Crippen LogP contribution in [-0.4, -0.2) is 24.5 Å². The summed E-state index contributed by atoms with van der Waals surface area (Å²) in [5.41, 5.74) is 5.03. The number of rotatable bonds is 9. The first-order valence-electron chi connectivity index (χ1n) is 9.38. The molecule has 28 heavy (non-hydrogen) atoms. The molecule has 0 aliphatic heterocycles. The zero-order valence-electron chi connectivity index (χ0n) is 16.0. The zero-order chi connectivity index (χ0) is 19.6. The molecule has 3 rings (SSSR count). The third-order valence-electron chi connectivity index (χ3n) is 4.38. The fourth-order valence-corrected chi connectivity index (χ4v) is 2.97. The van der Waals surface area contributed by atoms with E-state index >= 15 is 0 Å². The molecule has 0 unspecified atom stereocenters. The molecule has 0 aliphatic carbocycles. The van der Waals surface area contributed by atoms with E-state index in [0.717, 1.165) is 41.0 Å². The molecule has 3 aromatic rings. The fourth-order valence-electron chi connectivity index (χ4n) is 2.97. The molecule has 0 aliphatic rings. The number of ether oxygens (including phenoxy) is 1. The Morgan fingerprint density at radius 3 is 2.32 bits per heavy atom. The number of hydrogen-bond donors (Lipinski definition) is 1. The molecule has 0 aromatic heterocycles. The summed E-state index contributed by atoms with van der Waals surface area (Å²) in [5.74, 6) is 0.826. The quantitative estimate of drug-likeness (QED) is 0.440. The van der Waals surface area contributed by atoms with E-state index in [1.807, 2.05) is 72.8 Å². The molecule has 0 saturated carbocycles. The summed E-state index contributed by atoms with van der Waals surface area (Å²) in [6.45, 7) is 0.685. The monoisotopic (exact) mass is 375 g/mol. The lowest BCUT2D eigenvalue weighted by Crippen LogP contribution is -2.05. The van der Waals surface area contributed by atoms with Gasteiger partial charge < -0.3 is 14.7 Å². The van der Waals surface area contributed by atoms with E-state index in [1.54, 1.807) is 7.11 Å². The van der Waals surface area contributed by atoms with E-state index in [2.05, 4.69) is 11.2 Å². The highest BCUT2D eigenvalue weighted by atomic mass is 16.6. The molecule has 0 amide bonds. The number of hydrogen-bond acceptors (Lipinski definition) is 4. The van der Waals surface area contributed by atoms with Gasteiger partial charge in [-0.25, -0.2) is 0 Å². The van der Waals surface area contributed by atoms with Gasteiger partial charge in [0.25, 0.3) is 0 Å². The summed E-state index contributed by atoms with van der Waals surface area (Å²) in [6.07, 6.45) is 1.65. The molecule has 0 heterocycles. The van der Waals surface area contributed by atoms with Crippen molar-refractivity contribution >= 4 is 5.71 Å². The van der Waals surface area contributed by atoms with Crippen LogP contribution in [0.3, 0.4) is 0 Å². The maximum absolute atomic E-state index is 8.92. The van der Waals surface area contributed by atoms with Gasteiger partial charge >= 0.3 is 0 Å². The van der Waals surface area contributed by atoms with Gasteiger partial charge in [0.05, 0.1) is 0 Å².